The van der Waals surface area contributed by atoms with Crippen LogP contribution in [-0.2, 0) is 4.79 Å². The molecule has 66 valence electrons. The molecule has 0 saturated carbocycles. The molecule has 0 radical (unpaired) electrons. The summed E-state index contributed by atoms with van der Waals surface area (Å²) in [7, 11) is 0. The minimum Gasteiger partial charge on any atom is -0.481 e. The molecule has 0 bridgehead atoms. The van der Waals surface area contributed by atoms with E-state index in [0.717, 1.165) is 6.92 Å². The summed E-state index contributed by atoms with van der Waals surface area (Å²) < 4.78 is 0. The van der Waals surface area contributed by atoms with Crippen LogP contribution in [0.5, 0.6) is 0 Å². The molecule has 0 aromatic carbocycles. The van der Waals surface area contributed by atoms with E-state index in [0.29, 0.717) is 0 Å². The normalized spacial score (nSPS) is 5.64. The third kappa shape index (κ3) is 154. The largest absolute Gasteiger partial charge is 0.481 e. The van der Waals surface area contributed by atoms with Crippen molar-refractivity contribution >= 4 is 12.0 Å². The molecular weight excluding hydrogens is 148 g/mol. The van der Waals surface area contributed by atoms with Crippen molar-refractivity contribution in [1.82, 2.24) is 0 Å². The van der Waals surface area contributed by atoms with E-state index in [4.69, 9.17) is 14.7 Å². The first kappa shape index (κ1) is 16.2. The molecule has 0 aliphatic rings. The van der Waals surface area contributed by atoms with Crippen molar-refractivity contribution in [2.75, 3.05) is 0 Å². The average Bonchev–Trinajstić information content (AvgIpc) is 1.60. The molecule has 0 spiro atoms. The smallest absolute Gasteiger partial charge is 0.309 e. The van der Waals surface area contributed by atoms with Crippen LogP contribution in [0.3, 0.4) is 0 Å². The highest BCUT2D eigenvalue weighted by molar-refractivity contribution is 5.69. The second-order valence-electron chi connectivity index (χ2n) is 1.33. The lowest BCUT2D eigenvalue weighted by Gasteiger charge is -1.62. The van der Waals surface area contributed by atoms with Gasteiger partial charge >= 0.3 is 6.03 Å². The van der Waals surface area contributed by atoms with Crippen LogP contribution >= 0.6 is 0 Å². The second-order valence-corrected chi connectivity index (χ2v) is 1.33. The molecule has 5 N–H and O–H groups in total. The van der Waals surface area contributed by atoms with Gasteiger partial charge in [0.1, 0.15) is 0 Å². The summed E-state index contributed by atoms with van der Waals surface area (Å²) in [5.74, 6) is -0.833. The number of hydrogen-bond donors (Lipinski definition) is 3. The van der Waals surface area contributed by atoms with Crippen LogP contribution in [0.15, 0.2) is 12.7 Å². The number of amides is 2. The Morgan fingerprint density at radius 1 is 1.45 bits per heavy atom. The summed E-state index contributed by atoms with van der Waals surface area (Å²) in [5.41, 5.74) is 8.50. The van der Waals surface area contributed by atoms with E-state index >= 15 is 0 Å². The van der Waals surface area contributed by atoms with E-state index in [1.54, 1.807) is 6.08 Å². The Bertz CT molecular complexity index is 103. The maximum Gasteiger partial charge on any atom is 0.309 e. The van der Waals surface area contributed by atoms with E-state index < -0.39 is 12.0 Å². The Labute approximate surface area is 65.7 Å². The van der Waals surface area contributed by atoms with Crippen molar-refractivity contribution in [2.24, 2.45) is 11.5 Å². The molecule has 0 fully saturated rings. The number of carbonyl (C=O) groups excluding carboxylic acids is 1. The Kier molecular flexibility index (Phi) is 23.3. The van der Waals surface area contributed by atoms with Gasteiger partial charge in [-0.1, -0.05) is 6.08 Å². The highest BCUT2D eigenvalue weighted by atomic mass is 16.4. The number of carbonyl (C=O) groups is 2. The maximum atomic E-state index is 9.00. The van der Waals surface area contributed by atoms with Crippen molar-refractivity contribution in [3.05, 3.63) is 12.7 Å². The van der Waals surface area contributed by atoms with Gasteiger partial charge in [0.05, 0.1) is 0 Å². The number of hydrogen-bond acceptors (Lipinski definition) is 2. The van der Waals surface area contributed by atoms with Gasteiger partial charge in [0.2, 0.25) is 0 Å². The number of allylic oxidation sites excluding steroid dienone is 1. The molecule has 0 unspecified atom stereocenters. The highest BCUT2D eigenvalue weighted by Gasteiger charge is 1.65. The zero-order chi connectivity index (χ0) is 9.86. The molecule has 11 heavy (non-hydrogen) atoms. The second kappa shape index (κ2) is 15.8. The quantitative estimate of drug-likeness (QED) is 0.446. The maximum absolute atomic E-state index is 9.00. The van der Waals surface area contributed by atoms with Gasteiger partial charge in [0.25, 0.3) is 5.97 Å². The van der Waals surface area contributed by atoms with E-state index in [1.807, 2.05) is 6.92 Å². The predicted octanol–water partition coefficient (Wildman–Crippen LogP) is 0.307. The van der Waals surface area contributed by atoms with Gasteiger partial charge in [0, 0.05) is 6.92 Å². The first-order valence-corrected chi connectivity index (χ1v) is 2.69. The number of rotatable bonds is 0. The number of aliphatic carboxylic acids is 1. The fourth-order valence-corrected chi connectivity index (χ4v) is 0. The van der Waals surface area contributed by atoms with Crippen molar-refractivity contribution < 1.29 is 14.7 Å². The molecule has 0 aromatic heterocycles. The molecule has 0 aliphatic carbocycles. The summed E-state index contributed by atoms with van der Waals surface area (Å²) in [4.78, 5) is 18.0. The van der Waals surface area contributed by atoms with Crippen molar-refractivity contribution in [2.45, 2.75) is 13.8 Å². The molecule has 0 aromatic rings. The van der Waals surface area contributed by atoms with Gasteiger partial charge in [-0.05, 0) is 6.92 Å². The molecule has 5 heteroatoms. The Balaban J connectivity index is -0.0000000886. The van der Waals surface area contributed by atoms with Crippen LogP contribution in [0, 0.1) is 0 Å². The first-order chi connectivity index (χ1) is 4.88. The minimum absolute atomic E-state index is 0.833. The van der Waals surface area contributed by atoms with Gasteiger partial charge < -0.3 is 16.6 Å². The fraction of sp³-hybridized carbons (Fsp3) is 0.333. The number of primary amides is 2. The molecule has 0 aliphatic heterocycles. The third-order valence-electron chi connectivity index (χ3n) is 0. The standard InChI is InChI=1S/C3H6.C2H4O2.CH4N2O/c1-3-2;1-2(3)4;2-1(3)4/h3H,1H2,2H3;1H3,(H,3,4);(H4,2,3,4). The van der Waals surface area contributed by atoms with Crippen LogP contribution in [0.1, 0.15) is 13.8 Å². The topological polar surface area (TPSA) is 106 Å². The zero-order valence-corrected chi connectivity index (χ0v) is 6.70. The van der Waals surface area contributed by atoms with Gasteiger partial charge in [-0.15, -0.1) is 6.58 Å². The Morgan fingerprint density at radius 2 is 1.45 bits per heavy atom. The lowest BCUT2D eigenvalue weighted by molar-refractivity contribution is -0.134. The van der Waals surface area contributed by atoms with Gasteiger partial charge in [-0.2, -0.15) is 0 Å². The highest BCUT2D eigenvalue weighted by Crippen LogP contribution is 1.42. The number of nitrogens with two attached hydrogens (primary N) is 2. The lowest BCUT2D eigenvalue weighted by atomic mass is 10.8. The summed E-state index contributed by atoms with van der Waals surface area (Å²) in [6.07, 6.45) is 1.75. The number of urea groups is 1. The molecule has 0 atom stereocenters. The van der Waals surface area contributed by atoms with Crippen molar-refractivity contribution in [3.63, 3.8) is 0 Å². The summed E-state index contributed by atoms with van der Waals surface area (Å²) in [6.45, 7) is 6.33. The Hall–Kier alpha value is -1.52. The monoisotopic (exact) mass is 162 g/mol. The summed E-state index contributed by atoms with van der Waals surface area (Å²) in [6, 6.07) is -0.833. The zero-order valence-electron chi connectivity index (χ0n) is 6.70. The summed E-state index contributed by atoms with van der Waals surface area (Å²) >= 11 is 0. The van der Waals surface area contributed by atoms with Crippen molar-refractivity contribution in [1.29, 1.82) is 0 Å². The lowest BCUT2D eigenvalue weighted by Crippen LogP contribution is -2.18. The predicted molar refractivity (Wildman–Crippen MR) is 43.0 cm³/mol. The first-order valence-electron chi connectivity index (χ1n) is 2.69. The van der Waals surface area contributed by atoms with Crippen LogP contribution in [0.2, 0.25) is 0 Å². The molecule has 0 saturated heterocycles. The molecule has 5 nitrogen and oxygen atoms in total. The van der Waals surface area contributed by atoms with Crippen LogP contribution in [-0.4, -0.2) is 17.1 Å². The average molecular weight is 162 g/mol. The van der Waals surface area contributed by atoms with Crippen molar-refractivity contribution in [3.8, 4) is 0 Å². The van der Waals surface area contributed by atoms with E-state index in [9.17, 15) is 0 Å². The van der Waals surface area contributed by atoms with E-state index in [1.165, 1.54) is 0 Å². The van der Waals surface area contributed by atoms with Gasteiger partial charge in [-0.25, -0.2) is 4.79 Å². The van der Waals surface area contributed by atoms with Gasteiger partial charge in [-0.3, -0.25) is 4.79 Å². The molecular formula is C6H14N2O3. The third-order valence-corrected chi connectivity index (χ3v) is 0. The van der Waals surface area contributed by atoms with Crippen LogP contribution < -0.4 is 11.5 Å². The van der Waals surface area contributed by atoms with E-state index in [2.05, 4.69) is 18.0 Å². The van der Waals surface area contributed by atoms with Crippen LogP contribution in [0.4, 0.5) is 4.79 Å². The number of carboxylic acids is 1. The fourth-order valence-electron chi connectivity index (χ4n) is 0. The van der Waals surface area contributed by atoms with E-state index in [-0.39, 0.29) is 0 Å². The number of carboxylic acid groups (broad SMARTS) is 1. The molecule has 2 amide bonds. The SMILES string of the molecule is C=CC.CC(=O)O.NC(N)=O. The van der Waals surface area contributed by atoms with Gasteiger partial charge in [0.15, 0.2) is 0 Å². The minimum atomic E-state index is -0.833. The Morgan fingerprint density at radius 3 is 1.45 bits per heavy atom. The summed E-state index contributed by atoms with van der Waals surface area (Å²) in [5, 5.41) is 7.42. The van der Waals surface area contributed by atoms with Crippen LogP contribution in [0.25, 0.3) is 0 Å². The molecule has 0 rings (SSSR count). The molecule has 0 heterocycles.